The van der Waals surface area contributed by atoms with Crippen molar-refractivity contribution in [3.8, 4) is 23.0 Å². The smallest absolute Gasteiger partial charge is 0.127 e. The zero-order valence-electron chi connectivity index (χ0n) is 24.3. The molecule has 42 heavy (non-hydrogen) atoms. The normalized spacial score (nSPS) is 21.8. The molecule has 2 N–H and O–H groups in total. The van der Waals surface area contributed by atoms with Gasteiger partial charge in [0, 0.05) is 22.5 Å². The number of thioether (sulfide) groups is 2. The molecule has 4 aromatic rings. The van der Waals surface area contributed by atoms with E-state index >= 15 is 0 Å². The number of hydrogen-bond donors (Lipinski definition) is 2. The molecule has 4 nitrogen and oxygen atoms in total. The van der Waals surface area contributed by atoms with Crippen LogP contribution in [0.5, 0.6) is 23.0 Å². The van der Waals surface area contributed by atoms with Gasteiger partial charge in [-0.25, -0.2) is 0 Å². The summed E-state index contributed by atoms with van der Waals surface area (Å²) >= 11 is 3.52. The van der Waals surface area contributed by atoms with Crippen LogP contribution in [0.3, 0.4) is 0 Å². The first-order valence-corrected chi connectivity index (χ1v) is 16.7. The third-order valence-corrected chi connectivity index (χ3v) is 10.9. The first-order chi connectivity index (χ1) is 20.3. The summed E-state index contributed by atoms with van der Waals surface area (Å²) in [4.78, 5) is 0. The third-order valence-electron chi connectivity index (χ3n) is 7.94. The Hall–Kier alpha value is -2.90. The molecule has 4 atom stereocenters. The van der Waals surface area contributed by atoms with Crippen molar-refractivity contribution < 1.29 is 19.7 Å². The summed E-state index contributed by atoms with van der Waals surface area (Å²) in [6, 6.07) is 35.9. The second-order valence-electron chi connectivity index (χ2n) is 11.6. The molecule has 0 bridgehead atoms. The molecule has 0 aliphatic heterocycles. The average molecular weight is 601 g/mol. The minimum Gasteiger partial charge on any atom is -0.457 e. The van der Waals surface area contributed by atoms with Crippen LogP contribution in [0.2, 0.25) is 0 Å². The van der Waals surface area contributed by atoms with Crippen molar-refractivity contribution in [1.29, 1.82) is 0 Å². The van der Waals surface area contributed by atoms with Crippen LogP contribution in [0.1, 0.15) is 44.2 Å². The highest BCUT2D eigenvalue weighted by molar-refractivity contribution is 7.99. The van der Waals surface area contributed by atoms with Gasteiger partial charge < -0.3 is 19.7 Å². The predicted molar refractivity (Wildman–Crippen MR) is 176 cm³/mol. The van der Waals surface area contributed by atoms with Gasteiger partial charge in [-0.1, -0.05) is 60.7 Å². The zero-order chi connectivity index (χ0) is 29.4. The van der Waals surface area contributed by atoms with Crippen LogP contribution in [0, 0.1) is 5.92 Å². The van der Waals surface area contributed by atoms with Gasteiger partial charge in [0.1, 0.15) is 23.0 Å². The van der Waals surface area contributed by atoms with E-state index < -0.39 is 11.2 Å². The van der Waals surface area contributed by atoms with E-state index in [0.717, 1.165) is 52.9 Å². The van der Waals surface area contributed by atoms with Crippen molar-refractivity contribution in [1.82, 2.24) is 0 Å². The number of para-hydroxylation sites is 2. The topological polar surface area (TPSA) is 58.9 Å². The van der Waals surface area contributed by atoms with E-state index in [1.165, 1.54) is 5.56 Å². The molecule has 5 rings (SSSR count). The third kappa shape index (κ3) is 8.57. The molecule has 6 heteroatoms. The maximum absolute atomic E-state index is 11.6. The molecule has 2 unspecified atom stereocenters. The second-order valence-corrected chi connectivity index (χ2v) is 13.8. The molecule has 0 heterocycles. The van der Waals surface area contributed by atoms with Gasteiger partial charge in [0.2, 0.25) is 0 Å². The van der Waals surface area contributed by atoms with E-state index in [1.54, 1.807) is 23.5 Å². The van der Waals surface area contributed by atoms with Crippen LogP contribution in [0.15, 0.2) is 109 Å². The Balaban J connectivity index is 1.14. The average Bonchev–Trinajstić information content (AvgIpc) is 2.98. The van der Waals surface area contributed by atoms with Crippen molar-refractivity contribution in [3.63, 3.8) is 0 Å². The number of hydrogen-bond acceptors (Lipinski definition) is 6. The molecule has 0 radical (unpaired) electrons. The van der Waals surface area contributed by atoms with Crippen molar-refractivity contribution in [3.05, 3.63) is 120 Å². The molecule has 1 aliphatic rings. The lowest BCUT2D eigenvalue weighted by Crippen LogP contribution is -2.49. The van der Waals surface area contributed by atoms with E-state index in [9.17, 15) is 10.2 Å². The highest BCUT2D eigenvalue weighted by Crippen LogP contribution is 2.45. The van der Waals surface area contributed by atoms with Gasteiger partial charge in [0.25, 0.3) is 0 Å². The van der Waals surface area contributed by atoms with Crippen molar-refractivity contribution in [2.45, 2.75) is 61.1 Å². The summed E-state index contributed by atoms with van der Waals surface area (Å²) in [7, 11) is 0. The molecule has 1 saturated carbocycles. The summed E-state index contributed by atoms with van der Waals surface area (Å²) in [5, 5.41) is 22.9. The minimum atomic E-state index is -0.818. The Kier molecular flexibility index (Phi) is 10.2. The molecule has 220 valence electrons. The van der Waals surface area contributed by atoms with Gasteiger partial charge in [-0.2, -0.15) is 23.5 Å². The highest BCUT2D eigenvalue weighted by Gasteiger charge is 2.44. The Morgan fingerprint density at radius 2 is 1.29 bits per heavy atom. The quantitative estimate of drug-likeness (QED) is 0.169. The first-order valence-electron chi connectivity index (χ1n) is 14.5. The molecule has 1 aliphatic carbocycles. The van der Waals surface area contributed by atoms with E-state index in [1.807, 2.05) is 98.8 Å². The fourth-order valence-corrected chi connectivity index (χ4v) is 7.99. The van der Waals surface area contributed by atoms with Gasteiger partial charge in [0.15, 0.2) is 0 Å². The molecule has 0 aromatic heterocycles. The van der Waals surface area contributed by atoms with E-state index in [2.05, 4.69) is 24.3 Å². The summed E-state index contributed by atoms with van der Waals surface area (Å²) in [5.74, 6) is 5.60. The van der Waals surface area contributed by atoms with Crippen LogP contribution in [0.25, 0.3) is 0 Å². The molecule has 0 amide bonds. The summed E-state index contributed by atoms with van der Waals surface area (Å²) < 4.78 is 12.0. The minimum absolute atomic E-state index is 0.0400. The molecule has 4 aromatic carbocycles. The van der Waals surface area contributed by atoms with Crippen LogP contribution in [0.4, 0.5) is 0 Å². The Morgan fingerprint density at radius 1 is 0.762 bits per heavy atom. The molecule has 0 saturated heterocycles. The van der Waals surface area contributed by atoms with Crippen molar-refractivity contribution in [2.75, 3.05) is 5.75 Å². The first kappa shape index (κ1) is 30.6. The highest BCUT2D eigenvalue weighted by atomic mass is 32.2. The summed E-state index contributed by atoms with van der Waals surface area (Å²) in [5.41, 5.74) is 0.749. The predicted octanol–water partition coefficient (Wildman–Crippen LogP) is 9.11. The number of benzene rings is 4. The Morgan fingerprint density at radius 3 is 1.86 bits per heavy atom. The molecule has 0 spiro atoms. The zero-order valence-corrected chi connectivity index (χ0v) is 26.0. The molecular weight excluding hydrogens is 561 g/mol. The van der Waals surface area contributed by atoms with Gasteiger partial charge in [-0.15, -0.1) is 0 Å². The van der Waals surface area contributed by atoms with Gasteiger partial charge in [-0.3, -0.25) is 0 Å². The number of rotatable bonds is 12. The lowest BCUT2D eigenvalue weighted by molar-refractivity contribution is -0.0442. The van der Waals surface area contributed by atoms with Gasteiger partial charge in [0.05, 0.1) is 11.2 Å². The number of ether oxygens (including phenoxy) is 2. The van der Waals surface area contributed by atoms with E-state index in [0.29, 0.717) is 12.2 Å². The maximum Gasteiger partial charge on any atom is 0.127 e. The lowest BCUT2D eigenvalue weighted by Gasteiger charge is -2.45. The maximum atomic E-state index is 11.6. The van der Waals surface area contributed by atoms with Crippen LogP contribution in [-0.2, 0) is 11.5 Å². The monoisotopic (exact) mass is 600 g/mol. The Labute approximate surface area is 258 Å². The van der Waals surface area contributed by atoms with Gasteiger partial charge >= 0.3 is 0 Å². The largest absolute Gasteiger partial charge is 0.457 e. The van der Waals surface area contributed by atoms with E-state index in [4.69, 9.17) is 9.47 Å². The van der Waals surface area contributed by atoms with Crippen molar-refractivity contribution >= 4 is 23.5 Å². The molecule has 1 fully saturated rings. The standard InChI is InChI=1S/C36H40O4S2/c1-35(37)20-19-29(23-34(35)42-25-28-12-10-18-33(22-28)40-31-15-7-4-8-16-31)36(2,38)26-41-24-27-11-9-17-32(21-27)39-30-13-5-3-6-14-30/h3-18,21-22,29,34,37-38H,19-20,23-26H2,1-2H3/t29-,34+,35?,36?/m1/s1. The van der Waals surface area contributed by atoms with Gasteiger partial charge in [-0.05, 0) is 98.7 Å². The lowest BCUT2D eigenvalue weighted by atomic mass is 9.73. The van der Waals surface area contributed by atoms with Crippen LogP contribution in [-0.4, -0.2) is 32.4 Å². The fraction of sp³-hybridized carbons (Fsp3) is 0.333. The number of aliphatic hydroxyl groups is 2. The SMILES string of the molecule is CC(O)(CSCc1cccc(Oc2ccccc2)c1)[C@@H]1CCC(C)(O)[C@@H](SCc2cccc(Oc3ccccc3)c2)C1. The summed E-state index contributed by atoms with van der Waals surface area (Å²) in [6.45, 7) is 3.91. The van der Waals surface area contributed by atoms with Crippen LogP contribution >= 0.6 is 23.5 Å². The van der Waals surface area contributed by atoms with Crippen molar-refractivity contribution in [2.24, 2.45) is 5.92 Å². The van der Waals surface area contributed by atoms with E-state index in [-0.39, 0.29) is 11.2 Å². The second kappa shape index (κ2) is 14.0. The summed E-state index contributed by atoms with van der Waals surface area (Å²) in [6.07, 6.45) is 2.29. The Bertz CT molecular complexity index is 1410. The molecular formula is C36H40O4S2. The fourth-order valence-electron chi connectivity index (χ4n) is 5.41. The van der Waals surface area contributed by atoms with Crippen LogP contribution < -0.4 is 9.47 Å².